The van der Waals surface area contributed by atoms with Gasteiger partial charge in [-0.3, -0.25) is 4.79 Å². The van der Waals surface area contributed by atoms with Gasteiger partial charge in [-0.25, -0.2) is 0 Å². The highest BCUT2D eigenvalue weighted by Gasteiger charge is 2.24. The van der Waals surface area contributed by atoms with Gasteiger partial charge in [0, 0.05) is 5.92 Å². The first-order valence-corrected chi connectivity index (χ1v) is 3.34. The van der Waals surface area contributed by atoms with Crippen LogP contribution in [0.3, 0.4) is 0 Å². The lowest BCUT2D eigenvalue weighted by Gasteiger charge is -2.20. The van der Waals surface area contributed by atoms with Crippen molar-refractivity contribution >= 4 is 5.91 Å². The molecule has 0 saturated heterocycles. The zero-order valence-electron chi connectivity index (χ0n) is 6.40. The maximum atomic E-state index is 10.5. The van der Waals surface area contributed by atoms with Crippen LogP contribution in [0.2, 0.25) is 0 Å². The third-order valence-corrected chi connectivity index (χ3v) is 1.69. The Hall–Kier alpha value is -0.650. The summed E-state index contributed by atoms with van der Waals surface area (Å²) in [6.45, 7) is 1.14. The number of aliphatic hydroxyl groups excluding tert-OH is 2. The van der Waals surface area contributed by atoms with E-state index < -0.39 is 30.6 Å². The molecule has 3 atom stereocenters. The Labute approximate surface area is 65.0 Å². The average Bonchev–Trinajstić information content (AvgIpc) is 2.00. The maximum absolute atomic E-state index is 10.5. The number of hydrogen-bond donors (Lipinski definition) is 4. The maximum Gasteiger partial charge on any atom is 0.234 e. The molecule has 0 heterocycles. The topological polar surface area (TPSA) is 110 Å². The molecule has 0 aromatic carbocycles. The van der Waals surface area contributed by atoms with Crippen LogP contribution < -0.4 is 11.5 Å². The van der Waals surface area contributed by atoms with Crippen molar-refractivity contribution in [3.05, 3.63) is 0 Å². The van der Waals surface area contributed by atoms with Crippen LogP contribution in [0.1, 0.15) is 6.92 Å². The van der Waals surface area contributed by atoms with Crippen molar-refractivity contribution in [2.45, 2.75) is 19.1 Å². The molecule has 0 aliphatic heterocycles. The van der Waals surface area contributed by atoms with E-state index in [1.807, 2.05) is 0 Å². The van der Waals surface area contributed by atoms with Gasteiger partial charge in [0.2, 0.25) is 5.91 Å². The fourth-order valence-electron chi connectivity index (χ4n) is 0.665. The van der Waals surface area contributed by atoms with Gasteiger partial charge >= 0.3 is 0 Å². The lowest BCUT2D eigenvalue weighted by Crippen LogP contribution is -2.46. The quantitative estimate of drug-likeness (QED) is 0.375. The van der Waals surface area contributed by atoms with Crippen LogP contribution in [0, 0.1) is 5.92 Å². The minimum Gasteiger partial charge on any atom is -0.394 e. The lowest BCUT2D eigenvalue weighted by molar-refractivity contribution is -0.121. The number of amides is 1. The molecule has 0 aliphatic rings. The Kier molecular flexibility index (Phi) is 4.02. The van der Waals surface area contributed by atoms with E-state index in [2.05, 4.69) is 0 Å². The number of primary amides is 1. The van der Waals surface area contributed by atoms with Crippen LogP contribution in [0.4, 0.5) is 0 Å². The van der Waals surface area contributed by atoms with Crippen LogP contribution in [-0.4, -0.2) is 34.9 Å². The number of carbonyl (C=O) groups is 1. The van der Waals surface area contributed by atoms with Crippen molar-refractivity contribution in [1.82, 2.24) is 0 Å². The average molecular weight is 162 g/mol. The van der Waals surface area contributed by atoms with Crippen LogP contribution >= 0.6 is 0 Å². The predicted molar refractivity (Wildman–Crippen MR) is 39.4 cm³/mol. The fraction of sp³-hybridized carbons (Fsp3) is 0.833. The van der Waals surface area contributed by atoms with E-state index in [-0.39, 0.29) is 0 Å². The van der Waals surface area contributed by atoms with Crippen molar-refractivity contribution in [2.75, 3.05) is 6.61 Å². The molecule has 0 aromatic heterocycles. The molecule has 0 rings (SSSR count). The zero-order chi connectivity index (χ0) is 9.02. The predicted octanol–water partition coefficient (Wildman–Crippen LogP) is -2.21. The van der Waals surface area contributed by atoms with Crippen molar-refractivity contribution in [3.63, 3.8) is 0 Å². The van der Waals surface area contributed by atoms with E-state index in [1.165, 1.54) is 0 Å². The van der Waals surface area contributed by atoms with Crippen LogP contribution in [-0.2, 0) is 4.79 Å². The van der Waals surface area contributed by atoms with Gasteiger partial charge in [0.1, 0.15) is 0 Å². The largest absolute Gasteiger partial charge is 0.394 e. The Bertz CT molecular complexity index is 140. The van der Waals surface area contributed by atoms with Crippen LogP contribution in [0.5, 0.6) is 0 Å². The van der Waals surface area contributed by atoms with Crippen molar-refractivity contribution in [1.29, 1.82) is 0 Å². The van der Waals surface area contributed by atoms with Crippen LogP contribution in [0.15, 0.2) is 0 Å². The lowest BCUT2D eigenvalue weighted by atomic mass is 9.96. The molecule has 0 fully saturated rings. The first-order chi connectivity index (χ1) is 5.00. The monoisotopic (exact) mass is 162 g/mol. The minimum absolute atomic E-state index is 0.415. The Morgan fingerprint density at radius 1 is 1.64 bits per heavy atom. The summed E-state index contributed by atoms with van der Waals surface area (Å²) in [7, 11) is 0. The molecular weight excluding hydrogens is 148 g/mol. The van der Waals surface area contributed by atoms with Gasteiger partial charge in [-0.2, -0.15) is 0 Å². The summed E-state index contributed by atoms with van der Waals surface area (Å²) in [5.74, 6) is -1.19. The van der Waals surface area contributed by atoms with Gasteiger partial charge in [0.05, 0.1) is 18.8 Å². The van der Waals surface area contributed by atoms with Crippen LogP contribution in [0.25, 0.3) is 0 Å². The summed E-state index contributed by atoms with van der Waals surface area (Å²) in [4.78, 5) is 10.5. The van der Waals surface area contributed by atoms with Gasteiger partial charge in [-0.1, -0.05) is 6.92 Å². The third kappa shape index (κ3) is 2.83. The summed E-state index contributed by atoms with van der Waals surface area (Å²) >= 11 is 0. The van der Waals surface area contributed by atoms with E-state index in [9.17, 15) is 4.79 Å². The highest BCUT2D eigenvalue weighted by Crippen LogP contribution is 2.05. The smallest absolute Gasteiger partial charge is 0.234 e. The summed E-state index contributed by atoms with van der Waals surface area (Å²) in [5, 5.41) is 17.5. The first kappa shape index (κ1) is 10.3. The van der Waals surface area contributed by atoms with Gasteiger partial charge in [-0.05, 0) is 0 Å². The Morgan fingerprint density at radius 3 is 2.36 bits per heavy atom. The second kappa shape index (κ2) is 4.27. The standard InChI is InChI=1S/C6H14N2O3/c1-3(4(10)2-9)5(7)6(8)11/h3-5,9-10H,2,7H2,1H3,(H2,8,11). The minimum atomic E-state index is -0.988. The van der Waals surface area contributed by atoms with E-state index in [4.69, 9.17) is 21.7 Å². The van der Waals surface area contributed by atoms with Crippen molar-refractivity contribution in [3.8, 4) is 0 Å². The number of aliphatic hydroxyl groups is 2. The number of rotatable bonds is 4. The number of carbonyl (C=O) groups excluding carboxylic acids is 1. The summed E-state index contributed by atoms with van der Waals surface area (Å²) in [6, 6.07) is -0.905. The second-order valence-electron chi connectivity index (χ2n) is 2.54. The molecule has 66 valence electrons. The summed E-state index contributed by atoms with van der Waals surface area (Å²) in [5.41, 5.74) is 10.2. The van der Waals surface area contributed by atoms with E-state index in [0.717, 1.165) is 0 Å². The first-order valence-electron chi connectivity index (χ1n) is 3.34. The normalized spacial score (nSPS) is 18.9. The van der Waals surface area contributed by atoms with E-state index in [1.54, 1.807) is 6.92 Å². The molecule has 0 saturated carbocycles. The highest BCUT2D eigenvalue weighted by molar-refractivity contribution is 5.79. The zero-order valence-corrected chi connectivity index (χ0v) is 6.40. The molecule has 0 aromatic rings. The van der Waals surface area contributed by atoms with Crippen molar-refractivity contribution in [2.24, 2.45) is 17.4 Å². The van der Waals surface area contributed by atoms with E-state index >= 15 is 0 Å². The van der Waals surface area contributed by atoms with Gasteiger partial charge in [0.25, 0.3) is 0 Å². The van der Waals surface area contributed by atoms with Crippen molar-refractivity contribution < 1.29 is 15.0 Å². The number of nitrogens with two attached hydrogens (primary N) is 2. The van der Waals surface area contributed by atoms with Gasteiger partial charge in [0.15, 0.2) is 0 Å². The molecule has 6 N–H and O–H groups in total. The molecular formula is C6H14N2O3. The Morgan fingerprint density at radius 2 is 2.09 bits per heavy atom. The molecule has 3 unspecified atom stereocenters. The molecule has 1 amide bonds. The van der Waals surface area contributed by atoms with E-state index in [0.29, 0.717) is 0 Å². The molecule has 5 heteroatoms. The van der Waals surface area contributed by atoms with Gasteiger partial charge in [-0.15, -0.1) is 0 Å². The SMILES string of the molecule is CC(C(O)CO)C(N)C(N)=O. The van der Waals surface area contributed by atoms with Gasteiger partial charge < -0.3 is 21.7 Å². The molecule has 0 radical (unpaired) electrons. The second-order valence-corrected chi connectivity index (χ2v) is 2.54. The third-order valence-electron chi connectivity index (χ3n) is 1.69. The molecule has 0 bridgehead atoms. The molecule has 5 nitrogen and oxygen atoms in total. The highest BCUT2D eigenvalue weighted by atomic mass is 16.3. The molecule has 0 aliphatic carbocycles. The number of hydrogen-bond acceptors (Lipinski definition) is 4. The molecule has 0 spiro atoms. The summed E-state index contributed by atoms with van der Waals surface area (Å²) < 4.78 is 0. The Balaban J connectivity index is 4.00. The summed E-state index contributed by atoms with van der Waals surface area (Å²) in [6.07, 6.45) is -0.988. The fourth-order valence-corrected chi connectivity index (χ4v) is 0.665. The molecule has 11 heavy (non-hydrogen) atoms.